The van der Waals surface area contributed by atoms with E-state index < -0.39 is 0 Å². The lowest BCUT2D eigenvalue weighted by molar-refractivity contribution is 0.0440. The van der Waals surface area contributed by atoms with Gasteiger partial charge < -0.3 is 0 Å². The van der Waals surface area contributed by atoms with Crippen LogP contribution in [0.2, 0.25) is 0 Å². The van der Waals surface area contributed by atoms with Crippen molar-refractivity contribution in [1.82, 2.24) is 9.80 Å². The zero-order valence-corrected chi connectivity index (χ0v) is 20.7. The van der Waals surface area contributed by atoms with Gasteiger partial charge in [-0.2, -0.15) is 0 Å². The van der Waals surface area contributed by atoms with Crippen LogP contribution >= 0.6 is 0 Å². The summed E-state index contributed by atoms with van der Waals surface area (Å²) in [5, 5.41) is 0.949. The van der Waals surface area contributed by atoms with Gasteiger partial charge in [-0.3, -0.25) is 29.0 Å². The number of rotatable bonds is 2. The number of carbonyl (C=O) groups is 4. The Labute approximate surface area is 205 Å². The minimum atomic E-state index is -0.304. The van der Waals surface area contributed by atoms with E-state index in [0.29, 0.717) is 50.8 Å². The number of amides is 4. The lowest BCUT2D eigenvalue weighted by atomic mass is 9.77. The van der Waals surface area contributed by atoms with Gasteiger partial charge in [-0.1, -0.05) is 20.8 Å². The predicted molar refractivity (Wildman–Crippen MR) is 132 cm³/mol. The summed E-state index contributed by atoms with van der Waals surface area (Å²) in [5.74, 6) is 0.409. The molecular formula is C29H32N2O4. The molecule has 182 valence electrons. The van der Waals surface area contributed by atoms with Gasteiger partial charge in [0.2, 0.25) is 0 Å². The van der Waals surface area contributed by atoms with Gasteiger partial charge in [-0.15, -0.1) is 0 Å². The molecule has 2 heterocycles. The molecule has 0 aromatic heterocycles. The van der Waals surface area contributed by atoms with Crippen molar-refractivity contribution < 1.29 is 19.2 Å². The highest BCUT2D eigenvalue weighted by Crippen LogP contribution is 2.42. The minimum Gasteiger partial charge on any atom is -0.271 e. The maximum absolute atomic E-state index is 13.7. The topological polar surface area (TPSA) is 74.8 Å². The summed E-state index contributed by atoms with van der Waals surface area (Å²) in [6.07, 6.45) is 6.23. The SMILES string of the molecule is CC1CCC(N2C(=O)c3ccc4c5c(ccc(c35)C2=O)C(=O)N(C2CC[C@@H](C)[C@H](C)C2)C4=O)CC1. The number of benzene rings is 2. The zero-order valence-electron chi connectivity index (χ0n) is 20.7. The van der Waals surface area contributed by atoms with E-state index in [0.717, 1.165) is 44.9 Å². The van der Waals surface area contributed by atoms with Crippen molar-refractivity contribution in [2.24, 2.45) is 17.8 Å². The molecule has 0 bridgehead atoms. The van der Waals surface area contributed by atoms with Gasteiger partial charge in [0.1, 0.15) is 0 Å². The van der Waals surface area contributed by atoms with Crippen LogP contribution in [0.25, 0.3) is 10.8 Å². The fourth-order valence-electron chi connectivity index (χ4n) is 6.83. The van der Waals surface area contributed by atoms with Gasteiger partial charge >= 0.3 is 0 Å². The Balaban J connectivity index is 1.43. The molecule has 4 aliphatic rings. The van der Waals surface area contributed by atoms with Gasteiger partial charge in [0.05, 0.1) is 0 Å². The first-order valence-electron chi connectivity index (χ1n) is 13.1. The third-order valence-corrected chi connectivity index (χ3v) is 9.24. The van der Waals surface area contributed by atoms with Crippen LogP contribution in [0.1, 0.15) is 107 Å². The normalized spacial score (nSPS) is 30.9. The molecule has 4 amide bonds. The Hall–Kier alpha value is -3.02. The standard InChI is InChI=1S/C29H32N2O4/c1-15-4-7-18(8-5-15)30-26(32)20-10-12-22-25-23(13-11-21(24(20)25)27(30)33)29(35)31(28(22)34)19-9-6-16(2)17(3)14-19/h10-13,15-19H,4-9,14H2,1-3H3/t15?,16-,17-,18?,19?/m1/s1. The van der Waals surface area contributed by atoms with Crippen molar-refractivity contribution in [2.45, 2.75) is 77.8 Å². The molecule has 0 radical (unpaired) electrons. The summed E-state index contributed by atoms with van der Waals surface area (Å²) in [7, 11) is 0. The number of imide groups is 2. The van der Waals surface area contributed by atoms with Gasteiger partial charge in [0, 0.05) is 45.1 Å². The Morgan fingerprint density at radius 3 is 1.37 bits per heavy atom. The van der Waals surface area contributed by atoms with Crippen LogP contribution < -0.4 is 0 Å². The molecule has 2 aromatic rings. The van der Waals surface area contributed by atoms with Crippen LogP contribution in [0.4, 0.5) is 0 Å². The van der Waals surface area contributed by atoms with Gasteiger partial charge in [-0.25, -0.2) is 0 Å². The average Bonchev–Trinajstić information content (AvgIpc) is 2.84. The van der Waals surface area contributed by atoms with Crippen LogP contribution in [0.15, 0.2) is 24.3 Å². The second kappa shape index (κ2) is 8.00. The molecule has 0 spiro atoms. The smallest absolute Gasteiger partial charge is 0.261 e. The van der Waals surface area contributed by atoms with E-state index in [2.05, 4.69) is 20.8 Å². The van der Waals surface area contributed by atoms with E-state index in [-0.39, 0.29) is 35.7 Å². The van der Waals surface area contributed by atoms with Gasteiger partial charge in [0.15, 0.2) is 0 Å². The predicted octanol–water partition coefficient (Wildman–Crippen LogP) is 5.44. The quantitative estimate of drug-likeness (QED) is 0.546. The minimum absolute atomic E-state index is 0.101. The molecule has 6 heteroatoms. The van der Waals surface area contributed by atoms with Gasteiger partial charge in [-0.05, 0) is 87.0 Å². The summed E-state index contributed by atoms with van der Waals surface area (Å²) < 4.78 is 0. The Kier molecular flexibility index (Phi) is 5.13. The van der Waals surface area contributed by atoms with Crippen LogP contribution in [0, 0.1) is 17.8 Å². The van der Waals surface area contributed by atoms with Crippen molar-refractivity contribution in [2.75, 3.05) is 0 Å². The zero-order chi connectivity index (χ0) is 24.6. The second-order valence-corrected chi connectivity index (χ2v) is 11.4. The van der Waals surface area contributed by atoms with Crippen LogP contribution in [0.3, 0.4) is 0 Å². The summed E-state index contributed by atoms with van der Waals surface area (Å²) >= 11 is 0. The molecule has 2 fully saturated rings. The monoisotopic (exact) mass is 472 g/mol. The molecule has 3 atom stereocenters. The molecule has 2 aromatic carbocycles. The molecule has 35 heavy (non-hydrogen) atoms. The van der Waals surface area contributed by atoms with Crippen LogP contribution in [-0.4, -0.2) is 45.5 Å². The van der Waals surface area contributed by atoms with E-state index in [1.807, 2.05) is 0 Å². The number of nitrogens with zero attached hydrogens (tertiary/aromatic N) is 2. The maximum atomic E-state index is 13.7. The molecule has 6 nitrogen and oxygen atoms in total. The first-order valence-corrected chi connectivity index (χ1v) is 13.1. The van der Waals surface area contributed by atoms with Crippen molar-refractivity contribution >= 4 is 34.4 Å². The van der Waals surface area contributed by atoms with Crippen LogP contribution in [0.5, 0.6) is 0 Å². The summed E-state index contributed by atoms with van der Waals surface area (Å²) in [5.41, 5.74) is 1.69. The number of hydrogen-bond donors (Lipinski definition) is 0. The number of carbonyl (C=O) groups excluding carboxylic acids is 4. The Morgan fingerprint density at radius 2 is 0.943 bits per heavy atom. The summed E-state index contributed by atoms with van der Waals surface area (Å²) in [6.45, 7) is 6.62. The lowest BCUT2D eigenvalue weighted by Gasteiger charge is -2.41. The fraction of sp³-hybridized carbons (Fsp3) is 0.517. The number of hydrogen-bond acceptors (Lipinski definition) is 4. The fourth-order valence-corrected chi connectivity index (χ4v) is 6.83. The maximum Gasteiger partial charge on any atom is 0.261 e. The van der Waals surface area contributed by atoms with E-state index in [1.54, 1.807) is 24.3 Å². The first kappa shape index (κ1) is 22.4. The molecule has 2 saturated carbocycles. The van der Waals surface area contributed by atoms with Gasteiger partial charge in [0.25, 0.3) is 23.6 Å². The first-order chi connectivity index (χ1) is 16.8. The highest BCUT2D eigenvalue weighted by molar-refractivity contribution is 6.33. The summed E-state index contributed by atoms with van der Waals surface area (Å²) in [6, 6.07) is 6.54. The molecule has 2 aliphatic heterocycles. The second-order valence-electron chi connectivity index (χ2n) is 11.4. The van der Waals surface area contributed by atoms with Crippen molar-refractivity contribution in [1.29, 1.82) is 0 Å². The molecule has 6 rings (SSSR count). The largest absolute Gasteiger partial charge is 0.271 e. The molecule has 0 N–H and O–H groups in total. The van der Waals surface area contributed by atoms with Crippen LogP contribution in [-0.2, 0) is 0 Å². The molecule has 2 aliphatic carbocycles. The molecular weight excluding hydrogens is 440 g/mol. The third kappa shape index (κ3) is 3.21. The highest BCUT2D eigenvalue weighted by Gasteiger charge is 2.44. The van der Waals surface area contributed by atoms with Crippen molar-refractivity contribution in [3.05, 3.63) is 46.5 Å². The average molecular weight is 473 g/mol. The highest BCUT2D eigenvalue weighted by atomic mass is 16.2. The van der Waals surface area contributed by atoms with E-state index in [4.69, 9.17) is 0 Å². The van der Waals surface area contributed by atoms with E-state index >= 15 is 0 Å². The van der Waals surface area contributed by atoms with Crippen molar-refractivity contribution in [3.63, 3.8) is 0 Å². The summed E-state index contributed by atoms with van der Waals surface area (Å²) in [4.78, 5) is 57.4. The van der Waals surface area contributed by atoms with E-state index in [9.17, 15) is 19.2 Å². The third-order valence-electron chi connectivity index (χ3n) is 9.24. The lowest BCUT2D eigenvalue weighted by Crippen LogP contribution is -2.50. The Bertz CT molecular complexity index is 1220. The van der Waals surface area contributed by atoms with Crippen molar-refractivity contribution in [3.8, 4) is 0 Å². The molecule has 0 saturated heterocycles. The Morgan fingerprint density at radius 1 is 0.543 bits per heavy atom. The van der Waals surface area contributed by atoms with E-state index in [1.165, 1.54) is 9.80 Å². The molecule has 1 unspecified atom stereocenters.